The molecule has 118 valence electrons. The first-order chi connectivity index (χ1) is 9.94. The molecule has 2 heterocycles. The molecule has 1 saturated heterocycles. The van der Waals surface area contributed by atoms with E-state index in [1.54, 1.807) is 18.9 Å². The smallest absolute Gasteiger partial charge is 0.235 e. The van der Waals surface area contributed by atoms with Gasteiger partial charge in [0, 0.05) is 40.0 Å². The van der Waals surface area contributed by atoms with Crippen molar-refractivity contribution in [3.8, 4) is 0 Å². The highest BCUT2D eigenvalue weighted by Gasteiger charge is 2.23. The van der Waals surface area contributed by atoms with Gasteiger partial charge in [-0.15, -0.1) is 10.2 Å². The van der Waals surface area contributed by atoms with E-state index >= 15 is 0 Å². The van der Waals surface area contributed by atoms with E-state index in [2.05, 4.69) is 28.9 Å². The van der Waals surface area contributed by atoms with Gasteiger partial charge in [-0.25, -0.2) is 0 Å². The van der Waals surface area contributed by atoms with Crippen molar-refractivity contribution in [2.24, 2.45) is 0 Å². The molecule has 0 unspecified atom stereocenters. The summed E-state index contributed by atoms with van der Waals surface area (Å²) in [6.07, 6.45) is 0.939. The van der Waals surface area contributed by atoms with Crippen LogP contribution >= 0.6 is 0 Å². The Morgan fingerprint density at radius 2 is 2.00 bits per heavy atom. The Morgan fingerprint density at radius 3 is 2.57 bits per heavy atom. The van der Waals surface area contributed by atoms with Crippen molar-refractivity contribution in [2.75, 3.05) is 26.7 Å². The van der Waals surface area contributed by atoms with Gasteiger partial charge < -0.3 is 14.1 Å². The van der Waals surface area contributed by atoms with Crippen LogP contribution in [0.25, 0.3) is 0 Å². The quantitative estimate of drug-likeness (QED) is 0.801. The van der Waals surface area contributed by atoms with Gasteiger partial charge in [0.15, 0.2) is 0 Å². The zero-order valence-corrected chi connectivity index (χ0v) is 13.2. The molecule has 0 radical (unpaired) electrons. The number of morpholine rings is 1. The number of ether oxygens (including phenoxy) is 1. The molecule has 7 nitrogen and oxygen atoms in total. The standard InChI is InChI=1S/C14H24N4O3/c1-10-7-18(8-11(2)20-10)6-5-14(19)17(4)9-13-16-15-12(3)21-13/h10-11H,5-9H2,1-4H3/t10-,11+. The Kier molecular flexibility index (Phi) is 5.30. The van der Waals surface area contributed by atoms with Gasteiger partial charge in [-0.2, -0.15) is 0 Å². The van der Waals surface area contributed by atoms with Gasteiger partial charge in [0.25, 0.3) is 0 Å². The molecule has 1 aliphatic rings. The van der Waals surface area contributed by atoms with Gasteiger partial charge in [0.2, 0.25) is 17.7 Å². The number of aromatic nitrogens is 2. The number of rotatable bonds is 5. The first-order valence-corrected chi connectivity index (χ1v) is 7.35. The summed E-state index contributed by atoms with van der Waals surface area (Å²) >= 11 is 0. The van der Waals surface area contributed by atoms with E-state index in [1.807, 2.05) is 0 Å². The van der Waals surface area contributed by atoms with E-state index in [4.69, 9.17) is 9.15 Å². The number of amides is 1. The molecule has 0 aliphatic carbocycles. The molecular weight excluding hydrogens is 272 g/mol. The maximum absolute atomic E-state index is 12.1. The van der Waals surface area contributed by atoms with Crippen LogP contribution in [0.15, 0.2) is 4.42 Å². The van der Waals surface area contributed by atoms with E-state index in [-0.39, 0.29) is 18.1 Å². The summed E-state index contributed by atoms with van der Waals surface area (Å²) in [5.74, 6) is 1.07. The molecule has 1 aromatic rings. The fourth-order valence-corrected chi connectivity index (χ4v) is 2.60. The van der Waals surface area contributed by atoms with Gasteiger partial charge in [-0.1, -0.05) is 0 Å². The maximum Gasteiger partial charge on any atom is 0.235 e. The van der Waals surface area contributed by atoms with E-state index in [9.17, 15) is 4.79 Å². The molecule has 1 amide bonds. The van der Waals surface area contributed by atoms with E-state index in [0.29, 0.717) is 24.7 Å². The minimum atomic E-state index is 0.0812. The highest BCUT2D eigenvalue weighted by molar-refractivity contribution is 5.75. The molecule has 1 fully saturated rings. The molecule has 0 bridgehead atoms. The molecular formula is C14H24N4O3. The third-order valence-electron chi connectivity index (χ3n) is 3.50. The fraction of sp³-hybridized carbons (Fsp3) is 0.786. The van der Waals surface area contributed by atoms with E-state index in [1.165, 1.54) is 0 Å². The highest BCUT2D eigenvalue weighted by atomic mass is 16.5. The van der Waals surface area contributed by atoms with Crippen molar-refractivity contribution < 1.29 is 13.9 Å². The van der Waals surface area contributed by atoms with Gasteiger partial charge in [-0.3, -0.25) is 9.69 Å². The molecule has 0 saturated carbocycles. The van der Waals surface area contributed by atoms with E-state index in [0.717, 1.165) is 19.6 Å². The minimum absolute atomic E-state index is 0.0812. The van der Waals surface area contributed by atoms with Crippen LogP contribution in [0.4, 0.5) is 0 Å². The summed E-state index contributed by atoms with van der Waals surface area (Å²) in [7, 11) is 1.76. The lowest BCUT2D eigenvalue weighted by molar-refractivity contribution is -0.132. The average Bonchev–Trinajstić information content (AvgIpc) is 2.80. The van der Waals surface area contributed by atoms with Crippen LogP contribution in [-0.4, -0.2) is 64.8 Å². The normalized spacial score (nSPS) is 23.2. The van der Waals surface area contributed by atoms with Crippen LogP contribution in [0.3, 0.4) is 0 Å². The summed E-state index contributed by atoms with van der Waals surface area (Å²) in [6, 6.07) is 0. The highest BCUT2D eigenvalue weighted by Crippen LogP contribution is 2.11. The van der Waals surface area contributed by atoms with Gasteiger partial charge >= 0.3 is 0 Å². The molecule has 0 N–H and O–H groups in total. The van der Waals surface area contributed by atoms with Crippen molar-refractivity contribution in [3.05, 3.63) is 11.8 Å². The van der Waals surface area contributed by atoms with Crippen LogP contribution in [0.1, 0.15) is 32.0 Å². The number of nitrogens with zero attached hydrogens (tertiary/aromatic N) is 4. The lowest BCUT2D eigenvalue weighted by Crippen LogP contribution is -2.46. The summed E-state index contributed by atoms with van der Waals surface area (Å²) in [5, 5.41) is 7.66. The van der Waals surface area contributed by atoms with Crippen molar-refractivity contribution >= 4 is 5.91 Å². The SMILES string of the molecule is Cc1nnc(CN(C)C(=O)CCN2C[C@@H](C)O[C@@H](C)C2)o1. The Labute approximate surface area is 125 Å². The van der Waals surface area contributed by atoms with Crippen LogP contribution in [0, 0.1) is 6.92 Å². The topological polar surface area (TPSA) is 71.7 Å². The third-order valence-corrected chi connectivity index (χ3v) is 3.50. The van der Waals surface area contributed by atoms with Gasteiger partial charge in [0.1, 0.15) is 0 Å². The van der Waals surface area contributed by atoms with Crippen molar-refractivity contribution in [1.29, 1.82) is 0 Å². The Bertz CT molecular complexity index is 467. The summed E-state index contributed by atoms with van der Waals surface area (Å²) in [6.45, 7) is 8.73. The molecule has 1 aromatic heterocycles. The first-order valence-electron chi connectivity index (χ1n) is 7.35. The lowest BCUT2D eigenvalue weighted by atomic mass is 10.2. The molecule has 7 heteroatoms. The van der Waals surface area contributed by atoms with Gasteiger partial charge in [0.05, 0.1) is 18.8 Å². The number of hydrogen-bond donors (Lipinski definition) is 0. The molecule has 1 aliphatic heterocycles. The van der Waals surface area contributed by atoms with E-state index < -0.39 is 0 Å². The largest absolute Gasteiger partial charge is 0.424 e. The molecule has 0 spiro atoms. The average molecular weight is 296 g/mol. The lowest BCUT2D eigenvalue weighted by Gasteiger charge is -2.35. The monoisotopic (exact) mass is 296 g/mol. The fourth-order valence-electron chi connectivity index (χ4n) is 2.60. The number of hydrogen-bond acceptors (Lipinski definition) is 6. The maximum atomic E-state index is 12.1. The minimum Gasteiger partial charge on any atom is -0.424 e. The van der Waals surface area contributed by atoms with Crippen LogP contribution in [0.5, 0.6) is 0 Å². The first kappa shape index (κ1) is 15.9. The molecule has 2 rings (SSSR count). The second kappa shape index (κ2) is 7.00. The van der Waals surface area contributed by atoms with Crippen molar-refractivity contribution in [1.82, 2.24) is 20.0 Å². The predicted molar refractivity (Wildman–Crippen MR) is 76.6 cm³/mol. The predicted octanol–water partition coefficient (Wildman–Crippen LogP) is 0.836. The third kappa shape index (κ3) is 4.78. The van der Waals surface area contributed by atoms with Crippen molar-refractivity contribution in [2.45, 2.75) is 45.9 Å². The summed E-state index contributed by atoms with van der Waals surface area (Å²) < 4.78 is 11.0. The van der Waals surface area contributed by atoms with Crippen molar-refractivity contribution in [3.63, 3.8) is 0 Å². The van der Waals surface area contributed by atoms with Crippen LogP contribution in [0.2, 0.25) is 0 Å². The van der Waals surface area contributed by atoms with Gasteiger partial charge in [-0.05, 0) is 13.8 Å². The summed E-state index contributed by atoms with van der Waals surface area (Å²) in [5.41, 5.74) is 0. The van der Waals surface area contributed by atoms with Crippen LogP contribution < -0.4 is 0 Å². The number of carbonyl (C=O) groups is 1. The molecule has 21 heavy (non-hydrogen) atoms. The Balaban J connectivity index is 1.75. The summed E-state index contributed by atoms with van der Waals surface area (Å²) in [4.78, 5) is 16.0. The second-order valence-electron chi connectivity index (χ2n) is 5.73. The Hall–Kier alpha value is -1.47. The zero-order chi connectivity index (χ0) is 15.4. The zero-order valence-electron chi connectivity index (χ0n) is 13.2. The second-order valence-corrected chi connectivity index (χ2v) is 5.73. The number of aryl methyl sites for hydroxylation is 1. The Morgan fingerprint density at radius 1 is 1.33 bits per heavy atom. The molecule has 0 aromatic carbocycles. The van der Waals surface area contributed by atoms with Crippen LogP contribution in [-0.2, 0) is 16.1 Å². The number of carbonyl (C=O) groups excluding carboxylic acids is 1. The molecule has 2 atom stereocenters.